The third-order valence-corrected chi connectivity index (χ3v) is 5.64. The van der Waals surface area contributed by atoms with Crippen LogP contribution in [0, 0.1) is 5.92 Å². The molecule has 2 saturated heterocycles. The summed E-state index contributed by atoms with van der Waals surface area (Å²) < 4.78 is 0. The van der Waals surface area contributed by atoms with Gasteiger partial charge in [-0.1, -0.05) is 12.8 Å². The summed E-state index contributed by atoms with van der Waals surface area (Å²) in [5, 5.41) is 0. The molecule has 0 radical (unpaired) electrons. The third kappa shape index (κ3) is 5.74. The van der Waals surface area contributed by atoms with Crippen molar-refractivity contribution in [2.24, 2.45) is 11.7 Å². The average Bonchev–Trinajstić information content (AvgIpc) is 2.80. The fourth-order valence-corrected chi connectivity index (χ4v) is 4.19. The van der Waals surface area contributed by atoms with Crippen LogP contribution in [0.5, 0.6) is 0 Å². The van der Waals surface area contributed by atoms with Crippen LogP contribution in [0.25, 0.3) is 0 Å². The first-order chi connectivity index (χ1) is 10.7. The number of likely N-dealkylation sites (tertiary alicyclic amines) is 2. The first kappa shape index (κ1) is 18.1. The Morgan fingerprint density at radius 2 is 1.91 bits per heavy atom. The summed E-state index contributed by atoms with van der Waals surface area (Å²) in [6.45, 7) is 5.49. The van der Waals surface area contributed by atoms with E-state index in [9.17, 15) is 4.79 Å². The fourth-order valence-electron chi connectivity index (χ4n) is 3.70. The molecule has 0 aliphatic carbocycles. The highest BCUT2D eigenvalue weighted by atomic mass is 32.2. The van der Waals surface area contributed by atoms with Gasteiger partial charge in [0.15, 0.2) is 0 Å². The number of nitrogens with two attached hydrogens (primary N) is 1. The molecule has 2 aliphatic heterocycles. The molecule has 0 unspecified atom stereocenters. The van der Waals surface area contributed by atoms with Crippen LogP contribution < -0.4 is 5.73 Å². The largest absolute Gasteiger partial charge is 0.341 e. The predicted molar refractivity (Wildman–Crippen MR) is 95.2 cm³/mol. The van der Waals surface area contributed by atoms with E-state index in [-0.39, 0.29) is 11.9 Å². The molecule has 2 aliphatic rings. The van der Waals surface area contributed by atoms with E-state index < -0.39 is 0 Å². The van der Waals surface area contributed by atoms with Gasteiger partial charge in [0, 0.05) is 19.6 Å². The highest BCUT2D eigenvalue weighted by Crippen LogP contribution is 2.20. The molecule has 1 amide bonds. The first-order valence-electron chi connectivity index (χ1n) is 8.96. The summed E-state index contributed by atoms with van der Waals surface area (Å²) in [4.78, 5) is 17.1. The number of rotatable bonds is 6. The summed E-state index contributed by atoms with van der Waals surface area (Å²) in [5.41, 5.74) is 6.07. The molecule has 0 bridgehead atoms. The smallest absolute Gasteiger partial charge is 0.239 e. The van der Waals surface area contributed by atoms with Crippen molar-refractivity contribution in [3.8, 4) is 0 Å². The number of hydrogen-bond acceptors (Lipinski definition) is 4. The van der Waals surface area contributed by atoms with E-state index in [4.69, 9.17) is 5.73 Å². The lowest BCUT2D eigenvalue weighted by molar-refractivity contribution is -0.134. The van der Waals surface area contributed by atoms with Gasteiger partial charge in [-0.25, -0.2) is 0 Å². The van der Waals surface area contributed by atoms with Gasteiger partial charge in [-0.05, 0) is 63.1 Å². The molecule has 2 fully saturated rings. The van der Waals surface area contributed by atoms with Crippen molar-refractivity contribution < 1.29 is 4.79 Å². The van der Waals surface area contributed by atoms with Crippen molar-refractivity contribution in [3.05, 3.63) is 0 Å². The van der Waals surface area contributed by atoms with E-state index in [0.29, 0.717) is 5.92 Å². The minimum Gasteiger partial charge on any atom is -0.341 e. The molecule has 4 nitrogen and oxygen atoms in total. The normalized spacial score (nSPS) is 25.7. The Morgan fingerprint density at radius 3 is 2.59 bits per heavy atom. The van der Waals surface area contributed by atoms with Gasteiger partial charge in [0.05, 0.1) is 6.04 Å². The van der Waals surface area contributed by atoms with E-state index in [1.54, 1.807) is 11.8 Å². The fraction of sp³-hybridized carbons (Fsp3) is 0.941. The van der Waals surface area contributed by atoms with Crippen molar-refractivity contribution in [1.29, 1.82) is 0 Å². The molecular formula is C17H33N3OS. The summed E-state index contributed by atoms with van der Waals surface area (Å²) in [7, 11) is 0. The van der Waals surface area contributed by atoms with Gasteiger partial charge in [0.1, 0.15) is 0 Å². The Bertz CT molecular complexity index is 332. The number of thioether (sulfide) groups is 1. The minimum atomic E-state index is -0.301. The van der Waals surface area contributed by atoms with Crippen molar-refractivity contribution >= 4 is 17.7 Å². The number of amides is 1. The molecule has 2 heterocycles. The monoisotopic (exact) mass is 327 g/mol. The van der Waals surface area contributed by atoms with E-state index >= 15 is 0 Å². The molecule has 128 valence electrons. The van der Waals surface area contributed by atoms with Crippen LogP contribution in [-0.4, -0.2) is 66.5 Å². The Hall–Kier alpha value is -0.260. The second kappa shape index (κ2) is 9.78. The summed E-state index contributed by atoms with van der Waals surface area (Å²) in [5.74, 6) is 1.79. The lowest BCUT2D eigenvalue weighted by atomic mass is 9.96. The first-order valence-corrected chi connectivity index (χ1v) is 10.4. The van der Waals surface area contributed by atoms with E-state index in [1.807, 2.05) is 4.90 Å². The summed E-state index contributed by atoms with van der Waals surface area (Å²) in [6, 6.07) is -0.301. The maximum Gasteiger partial charge on any atom is 0.239 e. The second-order valence-electron chi connectivity index (χ2n) is 6.90. The molecule has 0 saturated carbocycles. The lowest BCUT2D eigenvalue weighted by Crippen LogP contribution is -2.49. The Labute approximate surface area is 140 Å². The van der Waals surface area contributed by atoms with Crippen LogP contribution in [0.4, 0.5) is 0 Å². The molecule has 0 aromatic rings. The zero-order chi connectivity index (χ0) is 15.8. The van der Waals surface area contributed by atoms with Gasteiger partial charge in [0.2, 0.25) is 5.91 Å². The van der Waals surface area contributed by atoms with Crippen molar-refractivity contribution in [2.75, 3.05) is 44.7 Å². The average molecular weight is 328 g/mol. The Balaban J connectivity index is 1.79. The number of piperidine rings is 1. The SMILES string of the molecule is CSCC[C@@H](N)C(=O)N1CCC[C@@H](CN2CCCCCC2)C1. The Morgan fingerprint density at radius 1 is 1.18 bits per heavy atom. The van der Waals surface area contributed by atoms with Crippen molar-refractivity contribution in [2.45, 2.75) is 51.0 Å². The topological polar surface area (TPSA) is 49.6 Å². The van der Waals surface area contributed by atoms with Crippen LogP contribution in [0.2, 0.25) is 0 Å². The summed E-state index contributed by atoms with van der Waals surface area (Å²) in [6.07, 6.45) is 10.7. The molecule has 2 rings (SSSR count). The van der Waals surface area contributed by atoms with Gasteiger partial charge in [-0.3, -0.25) is 4.79 Å². The number of carbonyl (C=O) groups is 1. The van der Waals surface area contributed by atoms with Gasteiger partial charge < -0.3 is 15.5 Å². The molecule has 2 N–H and O–H groups in total. The van der Waals surface area contributed by atoms with Crippen LogP contribution >= 0.6 is 11.8 Å². The second-order valence-corrected chi connectivity index (χ2v) is 7.88. The Kier molecular flexibility index (Phi) is 8.04. The maximum atomic E-state index is 12.5. The molecule has 22 heavy (non-hydrogen) atoms. The lowest BCUT2D eigenvalue weighted by Gasteiger charge is -2.36. The quantitative estimate of drug-likeness (QED) is 0.812. The molecule has 0 aromatic carbocycles. The molecule has 5 heteroatoms. The molecule has 0 aromatic heterocycles. The number of carbonyl (C=O) groups excluding carboxylic acids is 1. The minimum absolute atomic E-state index is 0.176. The van der Waals surface area contributed by atoms with Gasteiger partial charge >= 0.3 is 0 Å². The molecular weight excluding hydrogens is 294 g/mol. The zero-order valence-corrected chi connectivity index (χ0v) is 15.0. The van der Waals surface area contributed by atoms with Crippen molar-refractivity contribution in [3.63, 3.8) is 0 Å². The van der Waals surface area contributed by atoms with E-state index in [0.717, 1.165) is 31.7 Å². The van der Waals surface area contributed by atoms with Crippen LogP contribution in [0.3, 0.4) is 0 Å². The maximum absolute atomic E-state index is 12.5. The van der Waals surface area contributed by atoms with Crippen molar-refractivity contribution in [1.82, 2.24) is 9.80 Å². The highest BCUT2D eigenvalue weighted by molar-refractivity contribution is 7.98. The van der Waals surface area contributed by atoms with Crippen LogP contribution in [0.15, 0.2) is 0 Å². The molecule has 0 spiro atoms. The van der Waals surface area contributed by atoms with Crippen LogP contribution in [-0.2, 0) is 4.79 Å². The number of hydrogen-bond donors (Lipinski definition) is 1. The zero-order valence-electron chi connectivity index (χ0n) is 14.1. The van der Waals surface area contributed by atoms with Gasteiger partial charge in [-0.15, -0.1) is 0 Å². The predicted octanol–water partition coefficient (Wildman–Crippen LogP) is 2.18. The van der Waals surface area contributed by atoms with Gasteiger partial charge in [-0.2, -0.15) is 11.8 Å². The van der Waals surface area contributed by atoms with Gasteiger partial charge in [0.25, 0.3) is 0 Å². The summed E-state index contributed by atoms with van der Waals surface area (Å²) >= 11 is 1.76. The third-order valence-electron chi connectivity index (χ3n) is 5.00. The molecule has 2 atom stereocenters. The number of nitrogens with zero attached hydrogens (tertiary/aromatic N) is 2. The van der Waals surface area contributed by atoms with Crippen LogP contribution in [0.1, 0.15) is 44.9 Å². The standard InChI is InChI=1S/C17H33N3OS/c1-22-12-8-16(18)17(21)20-11-6-7-15(14-20)13-19-9-4-2-3-5-10-19/h15-16H,2-14,18H2,1H3/t15-,16+/m0/s1. The highest BCUT2D eigenvalue weighted by Gasteiger charge is 2.28. The van der Waals surface area contributed by atoms with E-state index in [2.05, 4.69) is 11.2 Å². The van der Waals surface area contributed by atoms with E-state index in [1.165, 1.54) is 51.7 Å².